The van der Waals surface area contributed by atoms with Gasteiger partial charge >= 0.3 is 0 Å². The van der Waals surface area contributed by atoms with Crippen LogP contribution in [-0.2, 0) is 6.54 Å². The van der Waals surface area contributed by atoms with Gasteiger partial charge in [0.1, 0.15) is 0 Å². The van der Waals surface area contributed by atoms with Crippen LogP contribution in [0, 0.1) is 0 Å². The maximum atomic E-state index is 4.32. The molecular formula is C15H26IN3S. The van der Waals surface area contributed by atoms with E-state index in [1.165, 1.54) is 23.3 Å². The average Bonchev–Trinajstić information content (AvgIpc) is 2.44. The number of guanidine groups is 1. The lowest BCUT2D eigenvalue weighted by atomic mass is 10.2. The summed E-state index contributed by atoms with van der Waals surface area (Å²) in [5.41, 5.74) is 1.30. The van der Waals surface area contributed by atoms with Crippen molar-refractivity contribution in [1.29, 1.82) is 0 Å². The van der Waals surface area contributed by atoms with Gasteiger partial charge in [0.15, 0.2) is 5.96 Å². The molecule has 1 aromatic rings. The number of thioether (sulfide) groups is 1. The van der Waals surface area contributed by atoms with Crippen LogP contribution in [0.1, 0.15) is 25.3 Å². The molecule has 1 aromatic carbocycles. The zero-order valence-electron chi connectivity index (χ0n) is 12.8. The highest BCUT2D eigenvalue weighted by Crippen LogP contribution is 2.15. The standard InChI is InChI=1S/C15H25N3S.HI/c1-5-6-11-17-15(16-2)18(3)12-13-7-9-14(19-4)10-8-13;/h7-10H,5-6,11-12H2,1-4H3,(H,16,17);1H. The molecule has 114 valence electrons. The molecule has 0 aliphatic rings. The molecule has 3 nitrogen and oxygen atoms in total. The second-order valence-corrected chi connectivity index (χ2v) is 5.41. The molecule has 0 aliphatic carbocycles. The van der Waals surface area contributed by atoms with Crippen molar-refractivity contribution in [3.8, 4) is 0 Å². The Hall–Kier alpha value is -0.430. The van der Waals surface area contributed by atoms with Crippen LogP contribution in [0.15, 0.2) is 34.2 Å². The molecule has 0 radical (unpaired) electrons. The second-order valence-electron chi connectivity index (χ2n) is 4.53. The third-order valence-corrected chi connectivity index (χ3v) is 3.71. The fraction of sp³-hybridized carbons (Fsp3) is 0.533. The topological polar surface area (TPSA) is 27.6 Å². The number of nitrogens with zero attached hydrogens (tertiary/aromatic N) is 2. The Morgan fingerprint density at radius 1 is 1.30 bits per heavy atom. The minimum atomic E-state index is 0. The van der Waals surface area contributed by atoms with Crippen molar-refractivity contribution in [2.75, 3.05) is 26.9 Å². The zero-order chi connectivity index (χ0) is 14.1. The predicted octanol–water partition coefficient (Wildman–Crippen LogP) is 3.83. The Balaban J connectivity index is 0.00000361. The monoisotopic (exact) mass is 407 g/mol. The molecule has 1 rings (SSSR count). The predicted molar refractivity (Wildman–Crippen MR) is 101 cm³/mol. The second kappa shape index (κ2) is 11.3. The van der Waals surface area contributed by atoms with Crippen molar-refractivity contribution in [2.24, 2.45) is 4.99 Å². The normalized spacial score (nSPS) is 10.9. The van der Waals surface area contributed by atoms with Crippen LogP contribution >= 0.6 is 35.7 Å². The van der Waals surface area contributed by atoms with E-state index >= 15 is 0 Å². The van der Waals surface area contributed by atoms with Crippen molar-refractivity contribution in [3.05, 3.63) is 29.8 Å². The van der Waals surface area contributed by atoms with Gasteiger partial charge in [0.2, 0.25) is 0 Å². The number of nitrogens with one attached hydrogen (secondary N) is 1. The number of unbranched alkanes of at least 4 members (excludes halogenated alkanes) is 1. The SMILES string of the molecule is CCCCNC(=NC)N(C)Cc1ccc(SC)cc1.I. The largest absolute Gasteiger partial charge is 0.356 e. The maximum Gasteiger partial charge on any atom is 0.193 e. The highest BCUT2D eigenvalue weighted by Gasteiger charge is 2.05. The fourth-order valence-electron chi connectivity index (χ4n) is 1.84. The van der Waals surface area contributed by atoms with Crippen molar-refractivity contribution in [2.45, 2.75) is 31.2 Å². The van der Waals surface area contributed by atoms with Gasteiger partial charge < -0.3 is 10.2 Å². The maximum absolute atomic E-state index is 4.32. The summed E-state index contributed by atoms with van der Waals surface area (Å²) in [5, 5.41) is 3.38. The molecule has 5 heteroatoms. The third-order valence-electron chi connectivity index (χ3n) is 2.97. The van der Waals surface area contributed by atoms with Crippen LogP contribution in [0.2, 0.25) is 0 Å². The number of halogens is 1. The van der Waals surface area contributed by atoms with Gasteiger partial charge in [-0.25, -0.2) is 0 Å². The highest BCUT2D eigenvalue weighted by molar-refractivity contribution is 14.0. The lowest BCUT2D eigenvalue weighted by Crippen LogP contribution is -2.38. The molecule has 0 heterocycles. The first kappa shape index (κ1) is 19.6. The molecule has 0 unspecified atom stereocenters. The van der Waals surface area contributed by atoms with Gasteiger partial charge in [0.25, 0.3) is 0 Å². The van der Waals surface area contributed by atoms with E-state index in [2.05, 4.69) is 59.7 Å². The molecular weight excluding hydrogens is 381 g/mol. The lowest BCUT2D eigenvalue weighted by Gasteiger charge is -2.22. The summed E-state index contributed by atoms with van der Waals surface area (Å²) in [7, 11) is 3.91. The molecule has 1 N–H and O–H groups in total. The van der Waals surface area contributed by atoms with Crippen molar-refractivity contribution >= 4 is 41.7 Å². The van der Waals surface area contributed by atoms with E-state index in [9.17, 15) is 0 Å². The fourth-order valence-corrected chi connectivity index (χ4v) is 2.25. The van der Waals surface area contributed by atoms with E-state index in [1.807, 2.05) is 7.05 Å². The van der Waals surface area contributed by atoms with Crippen LogP contribution < -0.4 is 5.32 Å². The zero-order valence-corrected chi connectivity index (χ0v) is 16.0. The Morgan fingerprint density at radius 2 is 1.95 bits per heavy atom. The first-order valence-corrected chi connectivity index (χ1v) is 7.98. The van der Waals surface area contributed by atoms with Gasteiger partial charge in [0, 0.05) is 32.1 Å². The Bertz CT molecular complexity index is 393. The van der Waals surface area contributed by atoms with Crippen LogP contribution in [0.5, 0.6) is 0 Å². The average molecular weight is 407 g/mol. The molecule has 0 aliphatic heterocycles. The molecule has 0 saturated heterocycles. The van der Waals surface area contributed by atoms with Gasteiger partial charge in [0.05, 0.1) is 0 Å². The van der Waals surface area contributed by atoms with Gasteiger partial charge in [-0.2, -0.15) is 0 Å². The van der Waals surface area contributed by atoms with Gasteiger partial charge in [-0.1, -0.05) is 25.5 Å². The first-order chi connectivity index (χ1) is 9.21. The van der Waals surface area contributed by atoms with Crippen molar-refractivity contribution in [1.82, 2.24) is 10.2 Å². The first-order valence-electron chi connectivity index (χ1n) is 6.76. The Morgan fingerprint density at radius 3 is 2.45 bits per heavy atom. The van der Waals surface area contributed by atoms with Crippen molar-refractivity contribution in [3.63, 3.8) is 0 Å². The summed E-state index contributed by atoms with van der Waals surface area (Å²) in [6.07, 6.45) is 4.47. The molecule has 20 heavy (non-hydrogen) atoms. The molecule has 0 spiro atoms. The quantitative estimate of drug-likeness (QED) is 0.255. The van der Waals surface area contributed by atoms with Gasteiger partial charge in [-0.3, -0.25) is 4.99 Å². The van der Waals surface area contributed by atoms with E-state index in [0.717, 1.165) is 19.0 Å². The number of hydrogen-bond acceptors (Lipinski definition) is 2. The minimum absolute atomic E-state index is 0. The summed E-state index contributed by atoms with van der Waals surface area (Å²) in [5.74, 6) is 0.961. The smallest absolute Gasteiger partial charge is 0.193 e. The Kier molecular flexibility index (Phi) is 11.0. The highest BCUT2D eigenvalue weighted by atomic mass is 127. The van der Waals surface area contributed by atoms with Crippen LogP contribution in [0.25, 0.3) is 0 Å². The summed E-state index contributed by atoms with van der Waals surface area (Å²) >= 11 is 1.77. The van der Waals surface area contributed by atoms with E-state index in [0.29, 0.717) is 0 Å². The summed E-state index contributed by atoms with van der Waals surface area (Å²) in [6.45, 7) is 4.06. The van der Waals surface area contributed by atoms with E-state index < -0.39 is 0 Å². The van der Waals surface area contributed by atoms with Crippen LogP contribution in [0.3, 0.4) is 0 Å². The number of aliphatic imine (C=N–C) groups is 1. The molecule has 0 saturated carbocycles. The van der Waals surface area contributed by atoms with Crippen LogP contribution in [-0.4, -0.2) is 37.8 Å². The van der Waals surface area contributed by atoms with E-state index in [1.54, 1.807) is 11.8 Å². The number of benzene rings is 1. The van der Waals surface area contributed by atoms with Crippen molar-refractivity contribution < 1.29 is 0 Å². The van der Waals surface area contributed by atoms with Crippen LogP contribution in [0.4, 0.5) is 0 Å². The van der Waals surface area contributed by atoms with Gasteiger partial charge in [-0.05, 0) is 30.4 Å². The summed E-state index contributed by atoms with van der Waals surface area (Å²) in [4.78, 5) is 7.78. The number of hydrogen-bond donors (Lipinski definition) is 1. The summed E-state index contributed by atoms with van der Waals surface area (Å²) < 4.78 is 0. The Labute approximate surface area is 144 Å². The van der Waals surface area contributed by atoms with Gasteiger partial charge in [-0.15, -0.1) is 35.7 Å². The van der Waals surface area contributed by atoms with E-state index in [4.69, 9.17) is 0 Å². The number of rotatable bonds is 6. The third kappa shape index (κ3) is 6.83. The molecule has 0 amide bonds. The molecule has 0 aromatic heterocycles. The molecule has 0 atom stereocenters. The molecule has 0 bridgehead atoms. The lowest BCUT2D eigenvalue weighted by molar-refractivity contribution is 0.475. The van der Waals surface area contributed by atoms with E-state index in [-0.39, 0.29) is 24.0 Å². The molecule has 0 fully saturated rings. The minimum Gasteiger partial charge on any atom is -0.356 e. The summed E-state index contributed by atoms with van der Waals surface area (Å²) in [6, 6.07) is 8.70.